The number of imidazole rings is 1. The number of carbonyl (C=O) groups is 1. The van der Waals surface area contributed by atoms with E-state index in [1.165, 1.54) is 20.0 Å². The van der Waals surface area contributed by atoms with Gasteiger partial charge in [-0.15, -0.1) is 0 Å². The number of piperazine rings is 1. The molecule has 2 aromatic heterocycles. The zero-order chi connectivity index (χ0) is 25.2. The maximum Gasteiger partial charge on any atom is 0.406 e. The van der Waals surface area contributed by atoms with Gasteiger partial charge in [-0.25, -0.2) is 4.98 Å². The Hall–Kier alpha value is -3.27. The molecule has 3 aromatic rings. The molecule has 190 valence electrons. The number of alkyl halides is 3. The number of aromatic nitrogens is 2. The summed E-state index contributed by atoms with van der Waals surface area (Å²) in [7, 11) is 3.65. The van der Waals surface area contributed by atoms with Gasteiger partial charge >= 0.3 is 6.18 Å². The molecule has 0 N–H and O–H groups in total. The van der Waals surface area contributed by atoms with Gasteiger partial charge in [0.25, 0.3) is 5.91 Å². The van der Waals surface area contributed by atoms with E-state index in [0.29, 0.717) is 24.1 Å². The first-order chi connectivity index (χ1) is 17.2. The summed E-state index contributed by atoms with van der Waals surface area (Å²) in [5.41, 5.74) is 4.51. The predicted molar refractivity (Wildman–Crippen MR) is 130 cm³/mol. The van der Waals surface area contributed by atoms with Crippen LogP contribution >= 0.6 is 0 Å². The maximum absolute atomic E-state index is 12.9. The molecular weight excluding hydrogens is 471 g/mol. The molecule has 0 saturated carbocycles. The quantitative estimate of drug-likeness (QED) is 0.546. The fraction of sp³-hybridized carbons (Fsp3) is 0.462. The average Bonchev–Trinajstić information content (AvgIpc) is 3.33. The van der Waals surface area contributed by atoms with Crippen LogP contribution in [-0.2, 0) is 6.42 Å². The third kappa shape index (κ3) is 3.87. The van der Waals surface area contributed by atoms with Gasteiger partial charge in [0.15, 0.2) is 0 Å². The lowest BCUT2D eigenvalue weighted by Crippen LogP contribution is -2.52. The summed E-state index contributed by atoms with van der Waals surface area (Å²) in [4.78, 5) is 23.3. The molecule has 2 fully saturated rings. The fourth-order valence-corrected chi connectivity index (χ4v) is 6.01. The van der Waals surface area contributed by atoms with E-state index >= 15 is 0 Å². The molecule has 3 aliphatic rings. The van der Waals surface area contributed by atoms with Gasteiger partial charge in [0.05, 0.1) is 24.6 Å². The van der Waals surface area contributed by atoms with E-state index in [-0.39, 0.29) is 17.9 Å². The van der Waals surface area contributed by atoms with Crippen LogP contribution in [-0.4, -0.2) is 83.7 Å². The number of likely N-dealkylation sites (N-methyl/N-ethyl adjacent to an activating group) is 1. The van der Waals surface area contributed by atoms with E-state index in [0.717, 1.165) is 40.6 Å². The monoisotopic (exact) mass is 499 g/mol. The number of benzene rings is 1. The second-order valence-electron chi connectivity index (χ2n) is 10.0. The third-order valence-corrected chi connectivity index (χ3v) is 7.93. The van der Waals surface area contributed by atoms with Crippen molar-refractivity contribution in [3.8, 4) is 17.0 Å². The average molecular weight is 500 g/mol. The summed E-state index contributed by atoms with van der Waals surface area (Å²) in [6.07, 6.45) is 2.16. The molecule has 10 heteroatoms. The summed E-state index contributed by atoms with van der Waals surface area (Å²) < 4.78 is 46.3. The summed E-state index contributed by atoms with van der Waals surface area (Å²) in [5, 5.41) is 0. The Labute approximate surface area is 207 Å². The van der Waals surface area contributed by atoms with Gasteiger partial charge in [0.1, 0.15) is 17.9 Å². The molecule has 1 aromatic carbocycles. The van der Waals surface area contributed by atoms with E-state index in [2.05, 4.69) is 34.0 Å². The molecule has 0 radical (unpaired) electrons. The number of carbonyl (C=O) groups excluding carboxylic acids is 1. The molecule has 5 heterocycles. The van der Waals surface area contributed by atoms with Crippen molar-refractivity contribution in [3.05, 3.63) is 47.8 Å². The molecule has 6 rings (SSSR count). The first kappa shape index (κ1) is 23.1. The van der Waals surface area contributed by atoms with Crippen molar-refractivity contribution in [2.45, 2.75) is 37.5 Å². The minimum Gasteiger partial charge on any atom is -0.496 e. The summed E-state index contributed by atoms with van der Waals surface area (Å²) in [6.45, 7) is 0.776. The van der Waals surface area contributed by atoms with Crippen molar-refractivity contribution in [1.29, 1.82) is 0 Å². The van der Waals surface area contributed by atoms with E-state index in [9.17, 15) is 18.0 Å². The van der Waals surface area contributed by atoms with Crippen molar-refractivity contribution in [2.24, 2.45) is 0 Å². The standard InChI is InChI=1S/C26H28F3N5O2/c1-31-19-3-4-20(31)14-33(13-19)18-6-8-34-21(12-30-23(34)11-18)17-9-16-5-7-32(15-26(27,28)29)25(35)24(16)22(10-17)36-2/h6,8-12,19-20H,3-5,7,13-15H2,1-2H3. The SMILES string of the molecule is COc1cc(-c2cnc3cc(N4CC5CCC(C4)N5C)ccn23)cc2c1C(=O)N(CC(F)(F)F)CC2. The van der Waals surface area contributed by atoms with Crippen LogP contribution in [0.5, 0.6) is 5.75 Å². The summed E-state index contributed by atoms with van der Waals surface area (Å²) >= 11 is 0. The predicted octanol–water partition coefficient (Wildman–Crippen LogP) is 3.85. The zero-order valence-electron chi connectivity index (χ0n) is 20.3. The third-order valence-electron chi connectivity index (χ3n) is 7.93. The van der Waals surface area contributed by atoms with Crippen LogP contribution in [0.1, 0.15) is 28.8 Å². The van der Waals surface area contributed by atoms with Crippen LogP contribution in [0.15, 0.2) is 36.7 Å². The maximum atomic E-state index is 12.9. The topological polar surface area (TPSA) is 53.3 Å². The first-order valence-corrected chi connectivity index (χ1v) is 12.2. The van der Waals surface area contributed by atoms with Crippen LogP contribution in [0.4, 0.5) is 18.9 Å². The number of ether oxygens (including phenoxy) is 1. The highest BCUT2D eigenvalue weighted by molar-refractivity contribution is 6.00. The van der Waals surface area contributed by atoms with Crippen LogP contribution in [0.3, 0.4) is 0 Å². The molecular formula is C26H28F3N5O2. The van der Waals surface area contributed by atoms with Gasteiger partial charge in [0, 0.05) is 55.2 Å². The van der Waals surface area contributed by atoms with E-state index < -0.39 is 18.6 Å². The lowest BCUT2D eigenvalue weighted by molar-refractivity contribution is -0.141. The molecule has 1 amide bonds. The Morgan fingerprint density at radius 1 is 1.14 bits per heavy atom. The smallest absolute Gasteiger partial charge is 0.406 e. The molecule has 0 aliphatic carbocycles. The lowest BCUT2D eigenvalue weighted by atomic mass is 9.94. The number of pyridine rings is 1. The largest absolute Gasteiger partial charge is 0.496 e. The molecule has 2 saturated heterocycles. The molecule has 2 bridgehead atoms. The van der Waals surface area contributed by atoms with Crippen molar-refractivity contribution in [3.63, 3.8) is 0 Å². The van der Waals surface area contributed by atoms with Crippen LogP contribution in [0, 0.1) is 0 Å². The molecule has 36 heavy (non-hydrogen) atoms. The Balaban J connectivity index is 1.32. The number of rotatable bonds is 4. The van der Waals surface area contributed by atoms with Gasteiger partial charge in [-0.2, -0.15) is 13.2 Å². The van der Waals surface area contributed by atoms with Crippen molar-refractivity contribution >= 4 is 17.2 Å². The van der Waals surface area contributed by atoms with E-state index in [1.807, 2.05) is 16.7 Å². The minimum absolute atomic E-state index is 0.0154. The molecule has 3 aliphatic heterocycles. The lowest BCUT2D eigenvalue weighted by Gasteiger charge is -2.40. The van der Waals surface area contributed by atoms with Crippen LogP contribution in [0.25, 0.3) is 16.9 Å². The number of nitrogens with zero attached hydrogens (tertiary/aromatic N) is 5. The number of hydrogen-bond donors (Lipinski definition) is 0. The highest BCUT2D eigenvalue weighted by Crippen LogP contribution is 2.36. The van der Waals surface area contributed by atoms with Gasteiger partial charge in [-0.1, -0.05) is 0 Å². The Bertz CT molecular complexity index is 1310. The molecule has 0 spiro atoms. The van der Waals surface area contributed by atoms with Crippen molar-refractivity contribution < 1.29 is 22.7 Å². The number of fused-ring (bicyclic) bond motifs is 4. The number of halogens is 3. The number of hydrogen-bond acceptors (Lipinski definition) is 5. The number of methoxy groups -OCH3 is 1. The van der Waals surface area contributed by atoms with Crippen molar-refractivity contribution in [2.75, 3.05) is 45.2 Å². The molecule has 2 atom stereocenters. The highest BCUT2D eigenvalue weighted by Gasteiger charge is 2.38. The second-order valence-corrected chi connectivity index (χ2v) is 10.0. The Morgan fingerprint density at radius 2 is 1.89 bits per heavy atom. The fourth-order valence-electron chi connectivity index (χ4n) is 6.01. The first-order valence-electron chi connectivity index (χ1n) is 12.2. The minimum atomic E-state index is -4.45. The Kier molecular flexibility index (Phi) is 5.40. The number of amides is 1. The second kappa shape index (κ2) is 8.40. The zero-order valence-corrected chi connectivity index (χ0v) is 20.3. The van der Waals surface area contributed by atoms with Crippen molar-refractivity contribution in [1.82, 2.24) is 19.2 Å². The highest BCUT2D eigenvalue weighted by atomic mass is 19.4. The van der Waals surface area contributed by atoms with E-state index in [4.69, 9.17) is 4.74 Å². The van der Waals surface area contributed by atoms with Gasteiger partial charge in [0.2, 0.25) is 0 Å². The van der Waals surface area contributed by atoms with E-state index in [1.54, 1.807) is 12.3 Å². The Morgan fingerprint density at radius 3 is 2.58 bits per heavy atom. The number of anilines is 1. The molecule has 2 unspecified atom stereocenters. The van der Waals surface area contributed by atoms with Crippen LogP contribution < -0.4 is 9.64 Å². The normalized spacial score (nSPS) is 22.4. The summed E-state index contributed by atoms with van der Waals surface area (Å²) in [5.74, 6) is -0.375. The summed E-state index contributed by atoms with van der Waals surface area (Å²) in [6, 6.07) is 8.97. The van der Waals surface area contributed by atoms with Gasteiger partial charge in [-0.05, 0) is 50.1 Å². The van der Waals surface area contributed by atoms with Gasteiger partial charge in [-0.3, -0.25) is 14.1 Å². The van der Waals surface area contributed by atoms with Crippen LogP contribution in [0.2, 0.25) is 0 Å². The molecule has 7 nitrogen and oxygen atoms in total. The van der Waals surface area contributed by atoms with Gasteiger partial charge < -0.3 is 14.5 Å².